The number of hydrogen-bond donors (Lipinski definition) is 2. The number of aliphatic hydroxyl groups excluding tert-OH is 1. The van der Waals surface area contributed by atoms with Crippen molar-refractivity contribution < 1.29 is 9.50 Å². The molecule has 1 aromatic rings. The summed E-state index contributed by atoms with van der Waals surface area (Å²) in [6.07, 6.45) is 8.50. The maximum atomic E-state index is 13.1. The molecule has 2 aliphatic carbocycles. The highest BCUT2D eigenvalue weighted by Gasteiger charge is 2.36. The fourth-order valence-electron chi connectivity index (χ4n) is 3.68. The molecule has 2 fully saturated rings. The van der Waals surface area contributed by atoms with Gasteiger partial charge in [0.25, 0.3) is 0 Å². The molecule has 3 rings (SSSR count). The lowest BCUT2D eigenvalue weighted by Gasteiger charge is -2.37. The van der Waals surface area contributed by atoms with E-state index in [1.165, 1.54) is 37.7 Å². The fraction of sp³-hybridized carbons (Fsp3) is 0.667. The normalized spacial score (nSPS) is 23.0. The standard InChI is InChI=1S/C18H26FNO/c19-16-8-6-15(7-9-16)17(14-4-5-14)20-12-18(13-21)10-2-1-3-11-18/h6-9,14,17,20-21H,1-5,10-13H2. The van der Waals surface area contributed by atoms with Gasteiger partial charge in [0.05, 0.1) is 0 Å². The maximum Gasteiger partial charge on any atom is 0.123 e. The van der Waals surface area contributed by atoms with Crippen LogP contribution in [0.25, 0.3) is 0 Å². The summed E-state index contributed by atoms with van der Waals surface area (Å²) in [5.74, 6) is 0.502. The maximum absolute atomic E-state index is 13.1. The summed E-state index contributed by atoms with van der Waals surface area (Å²) < 4.78 is 13.1. The van der Waals surface area contributed by atoms with Crippen LogP contribution in [0.1, 0.15) is 56.6 Å². The predicted octanol–water partition coefficient (Wildman–Crippen LogP) is 3.81. The first kappa shape index (κ1) is 15.0. The van der Waals surface area contributed by atoms with Crippen LogP contribution >= 0.6 is 0 Å². The molecular formula is C18H26FNO. The van der Waals surface area contributed by atoms with Crippen LogP contribution in [0.2, 0.25) is 0 Å². The molecule has 2 N–H and O–H groups in total. The van der Waals surface area contributed by atoms with Crippen molar-refractivity contribution in [3.8, 4) is 0 Å². The summed E-state index contributed by atoms with van der Waals surface area (Å²) in [5.41, 5.74) is 1.24. The zero-order chi connectivity index (χ0) is 14.7. The van der Waals surface area contributed by atoms with Gasteiger partial charge in [-0.05, 0) is 49.3 Å². The lowest BCUT2D eigenvalue weighted by Crippen LogP contribution is -2.41. The van der Waals surface area contributed by atoms with Gasteiger partial charge in [0.1, 0.15) is 5.82 Å². The Balaban J connectivity index is 1.66. The van der Waals surface area contributed by atoms with Gasteiger partial charge in [-0.15, -0.1) is 0 Å². The van der Waals surface area contributed by atoms with E-state index in [4.69, 9.17) is 0 Å². The van der Waals surface area contributed by atoms with Crippen molar-refractivity contribution in [2.45, 2.75) is 51.0 Å². The predicted molar refractivity (Wildman–Crippen MR) is 82.5 cm³/mol. The van der Waals surface area contributed by atoms with Crippen LogP contribution in [0.3, 0.4) is 0 Å². The molecule has 2 aliphatic rings. The average Bonchev–Trinajstić information content (AvgIpc) is 3.35. The molecule has 0 aliphatic heterocycles. The third-order valence-electron chi connectivity index (χ3n) is 5.27. The number of aliphatic hydroxyl groups is 1. The number of rotatable bonds is 6. The van der Waals surface area contributed by atoms with Crippen molar-refractivity contribution in [3.05, 3.63) is 35.6 Å². The van der Waals surface area contributed by atoms with Crippen LogP contribution < -0.4 is 5.32 Å². The molecular weight excluding hydrogens is 265 g/mol. The van der Waals surface area contributed by atoms with E-state index in [9.17, 15) is 9.50 Å². The van der Waals surface area contributed by atoms with Gasteiger partial charge >= 0.3 is 0 Å². The van der Waals surface area contributed by atoms with Crippen LogP contribution in [-0.2, 0) is 0 Å². The van der Waals surface area contributed by atoms with Crippen molar-refractivity contribution >= 4 is 0 Å². The smallest absolute Gasteiger partial charge is 0.123 e. The lowest BCUT2D eigenvalue weighted by molar-refractivity contribution is 0.0773. The topological polar surface area (TPSA) is 32.3 Å². The van der Waals surface area contributed by atoms with E-state index in [2.05, 4.69) is 5.32 Å². The van der Waals surface area contributed by atoms with Gasteiger partial charge in [0.15, 0.2) is 0 Å². The second-order valence-corrected chi connectivity index (χ2v) is 6.97. The fourth-order valence-corrected chi connectivity index (χ4v) is 3.68. The van der Waals surface area contributed by atoms with Crippen molar-refractivity contribution in [3.63, 3.8) is 0 Å². The molecule has 0 heterocycles. The molecule has 0 amide bonds. The minimum Gasteiger partial charge on any atom is -0.396 e. The highest BCUT2D eigenvalue weighted by molar-refractivity contribution is 5.22. The van der Waals surface area contributed by atoms with Gasteiger partial charge in [-0.3, -0.25) is 0 Å². The monoisotopic (exact) mass is 291 g/mol. The zero-order valence-electron chi connectivity index (χ0n) is 12.7. The molecule has 2 saturated carbocycles. The summed E-state index contributed by atoms with van der Waals surface area (Å²) in [4.78, 5) is 0. The first-order valence-electron chi connectivity index (χ1n) is 8.32. The molecule has 0 aromatic heterocycles. The Morgan fingerprint density at radius 2 is 1.81 bits per heavy atom. The Morgan fingerprint density at radius 1 is 1.14 bits per heavy atom. The summed E-state index contributed by atoms with van der Waals surface area (Å²) in [7, 11) is 0. The first-order chi connectivity index (χ1) is 10.2. The molecule has 1 aromatic carbocycles. The minimum absolute atomic E-state index is 0.0609. The third kappa shape index (κ3) is 3.64. The van der Waals surface area contributed by atoms with Crippen molar-refractivity contribution in [2.24, 2.45) is 11.3 Å². The van der Waals surface area contributed by atoms with Gasteiger partial charge in [-0.25, -0.2) is 4.39 Å². The number of benzene rings is 1. The summed E-state index contributed by atoms with van der Waals surface area (Å²) in [6.45, 7) is 1.16. The van der Waals surface area contributed by atoms with Crippen molar-refractivity contribution in [2.75, 3.05) is 13.2 Å². The van der Waals surface area contributed by atoms with Gasteiger partial charge in [-0.2, -0.15) is 0 Å². The van der Waals surface area contributed by atoms with Crippen LogP contribution in [0.4, 0.5) is 4.39 Å². The Bertz CT molecular complexity index is 449. The Kier molecular flexibility index (Phi) is 4.60. The second kappa shape index (κ2) is 6.45. The Hall–Kier alpha value is -0.930. The number of hydrogen-bond acceptors (Lipinski definition) is 2. The first-order valence-corrected chi connectivity index (χ1v) is 8.32. The Morgan fingerprint density at radius 3 is 2.38 bits per heavy atom. The van der Waals surface area contributed by atoms with Gasteiger partial charge in [0, 0.05) is 24.6 Å². The average molecular weight is 291 g/mol. The SMILES string of the molecule is OCC1(CNC(c2ccc(F)cc2)C2CC2)CCCCC1. The van der Waals surface area contributed by atoms with Gasteiger partial charge in [0.2, 0.25) is 0 Å². The van der Waals surface area contributed by atoms with Crippen molar-refractivity contribution in [1.82, 2.24) is 5.32 Å². The van der Waals surface area contributed by atoms with Crippen LogP contribution in [-0.4, -0.2) is 18.3 Å². The zero-order valence-corrected chi connectivity index (χ0v) is 12.7. The van der Waals surface area contributed by atoms with E-state index >= 15 is 0 Å². The highest BCUT2D eigenvalue weighted by atomic mass is 19.1. The van der Waals surface area contributed by atoms with E-state index in [0.717, 1.165) is 19.4 Å². The van der Waals surface area contributed by atoms with Gasteiger partial charge in [-0.1, -0.05) is 31.4 Å². The van der Waals surface area contributed by atoms with Crippen LogP contribution in [0.5, 0.6) is 0 Å². The molecule has 1 unspecified atom stereocenters. The molecule has 3 heteroatoms. The molecule has 0 spiro atoms. The molecule has 0 bridgehead atoms. The molecule has 21 heavy (non-hydrogen) atoms. The van der Waals surface area contributed by atoms with E-state index in [-0.39, 0.29) is 17.8 Å². The lowest BCUT2D eigenvalue weighted by atomic mass is 9.74. The number of nitrogens with one attached hydrogen (secondary N) is 1. The summed E-state index contributed by atoms with van der Waals surface area (Å²) >= 11 is 0. The largest absolute Gasteiger partial charge is 0.396 e. The van der Waals surface area contributed by atoms with E-state index in [1.807, 2.05) is 12.1 Å². The summed E-state index contributed by atoms with van der Waals surface area (Å²) in [5, 5.41) is 13.5. The quantitative estimate of drug-likeness (QED) is 0.835. The van der Waals surface area contributed by atoms with E-state index in [0.29, 0.717) is 12.0 Å². The Labute approximate surface area is 126 Å². The van der Waals surface area contributed by atoms with Crippen LogP contribution in [0.15, 0.2) is 24.3 Å². The second-order valence-electron chi connectivity index (χ2n) is 6.97. The summed E-state index contributed by atoms with van der Waals surface area (Å²) in [6, 6.07) is 7.22. The third-order valence-corrected chi connectivity index (χ3v) is 5.27. The minimum atomic E-state index is -0.174. The molecule has 0 radical (unpaired) electrons. The molecule has 1 atom stereocenters. The van der Waals surface area contributed by atoms with E-state index < -0.39 is 0 Å². The van der Waals surface area contributed by atoms with E-state index in [1.54, 1.807) is 12.1 Å². The van der Waals surface area contributed by atoms with Crippen molar-refractivity contribution in [1.29, 1.82) is 0 Å². The molecule has 2 nitrogen and oxygen atoms in total. The number of halogens is 1. The highest BCUT2D eigenvalue weighted by Crippen LogP contribution is 2.42. The molecule has 116 valence electrons. The van der Waals surface area contributed by atoms with Gasteiger partial charge < -0.3 is 10.4 Å². The van der Waals surface area contributed by atoms with Crippen LogP contribution in [0, 0.1) is 17.2 Å². The molecule has 0 saturated heterocycles.